The summed E-state index contributed by atoms with van der Waals surface area (Å²) in [6.07, 6.45) is 0. The van der Waals surface area contributed by atoms with Crippen LogP contribution in [0.3, 0.4) is 0 Å². The van der Waals surface area contributed by atoms with Crippen LogP contribution in [0, 0.1) is 17.0 Å². The van der Waals surface area contributed by atoms with Gasteiger partial charge >= 0.3 is 0 Å². The van der Waals surface area contributed by atoms with Crippen molar-refractivity contribution in [3.8, 4) is 17.2 Å². The molecule has 0 aliphatic carbocycles. The Bertz CT molecular complexity index is 1350. The number of thioether (sulfide) groups is 1. The van der Waals surface area contributed by atoms with E-state index in [2.05, 4.69) is 26.1 Å². The van der Waals surface area contributed by atoms with Crippen molar-refractivity contribution in [3.05, 3.63) is 103 Å². The van der Waals surface area contributed by atoms with Crippen LogP contribution >= 0.6 is 39.3 Å². The monoisotopic (exact) mass is 588 g/mol. The Morgan fingerprint density at radius 1 is 1.11 bits per heavy atom. The normalized spacial score (nSPS) is 11.8. The van der Waals surface area contributed by atoms with E-state index in [0.29, 0.717) is 33.9 Å². The first-order valence-electron chi connectivity index (χ1n) is 10.9. The predicted octanol–water partition coefficient (Wildman–Crippen LogP) is 6.69. The lowest BCUT2D eigenvalue weighted by Crippen LogP contribution is -2.12. The van der Waals surface area contributed by atoms with Crippen molar-refractivity contribution in [3.63, 3.8) is 0 Å². The van der Waals surface area contributed by atoms with Crippen LogP contribution < -0.4 is 9.47 Å². The molecule has 0 saturated carbocycles. The van der Waals surface area contributed by atoms with Crippen LogP contribution in [0.5, 0.6) is 11.5 Å². The molecule has 0 fully saturated rings. The van der Waals surface area contributed by atoms with Crippen LogP contribution in [0.15, 0.2) is 76.4 Å². The lowest BCUT2D eigenvalue weighted by molar-refractivity contribution is -0.479. The molecule has 0 amide bonds. The molecule has 1 aromatic heterocycles. The average molecular weight is 590 g/mol. The zero-order valence-corrected chi connectivity index (χ0v) is 22.6. The Labute approximate surface area is 225 Å². The molecule has 4 rings (SSSR count). The van der Waals surface area contributed by atoms with Gasteiger partial charge in [0.25, 0.3) is 0 Å². The van der Waals surface area contributed by atoms with E-state index < -0.39 is 5.25 Å². The summed E-state index contributed by atoms with van der Waals surface area (Å²) in [7, 11) is 1.60. The second-order valence-corrected chi connectivity index (χ2v) is 10.3. The highest BCUT2D eigenvalue weighted by Crippen LogP contribution is 2.41. The molecule has 1 atom stereocenters. The lowest BCUT2D eigenvalue weighted by atomic mass is 10.1. The minimum absolute atomic E-state index is 0.294. The summed E-state index contributed by atoms with van der Waals surface area (Å²) in [5.41, 5.74) is 2.44. The van der Waals surface area contributed by atoms with E-state index in [1.807, 2.05) is 66.1 Å². The number of hydrogen-bond donors (Lipinski definition) is 0. The molecule has 1 heterocycles. The minimum Gasteiger partial charge on any atom is -0.497 e. The Kier molecular flexibility index (Phi) is 8.50. The highest BCUT2D eigenvalue weighted by molar-refractivity contribution is 9.10. The molecule has 11 heteroatoms. The third-order valence-electron chi connectivity index (χ3n) is 5.31. The fourth-order valence-corrected chi connectivity index (χ4v) is 5.25. The van der Waals surface area contributed by atoms with E-state index in [0.717, 1.165) is 21.5 Å². The Morgan fingerprint density at radius 3 is 2.50 bits per heavy atom. The number of ether oxygens (including phenoxy) is 2. The van der Waals surface area contributed by atoms with Crippen LogP contribution in [0.25, 0.3) is 5.69 Å². The van der Waals surface area contributed by atoms with Gasteiger partial charge in [0.05, 0.1) is 7.11 Å². The third-order valence-corrected chi connectivity index (χ3v) is 7.22. The lowest BCUT2D eigenvalue weighted by Gasteiger charge is -2.18. The predicted molar refractivity (Wildman–Crippen MR) is 143 cm³/mol. The van der Waals surface area contributed by atoms with Crippen molar-refractivity contribution < 1.29 is 14.4 Å². The van der Waals surface area contributed by atoms with Gasteiger partial charge in [-0.15, -0.1) is 10.2 Å². The van der Waals surface area contributed by atoms with Crippen LogP contribution in [-0.4, -0.2) is 33.3 Å². The van der Waals surface area contributed by atoms with Crippen LogP contribution in [0.2, 0.25) is 5.02 Å². The van der Waals surface area contributed by atoms with E-state index in [-0.39, 0.29) is 11.5 Å². The molecule has 0 aliphatic heterocycles. The Hall–Kier alpha value is -3.08. The number of halogens is 2. The van der Waals surface area contributed by atoms with Gasteiger partial charge in [-0.05, 0) is 67.1 Å². The molecule has 8 nitrogen and oxygen atoms in total. The summed E-state index contributed by atoms with van der Waals surface area (Å²) in [5.74, 6) is 1.94. The van der Waals surface area contributed by atoms with Crippen molar-refractivity contribution in [2.24, 2.45) is 0 Å². The fourth-order valence-electron chi connectivity index (χ4n) is 3.55. The number of benzene rings is 3. The zero-order chi connectivity index (χ0) is 25.7. The van der Waals surface area contributed by atoms with Gasteiger partial charge < -0.3 is 9.47 Å². The molecule has 0 unspecified atom stereocenters. The van der Waals surface area contributed by atoms with Crippen molar-refractivity contribution >= 4 is 39.3 Å². The van der Waals surface area contributed by atoms with E-state index in [9.17, 15) is 10.1 Å². The first-order valence-corrected chi connectivity index (χ1v) is 12.9. The van der Waals surface area contributed by atoms with Gasteiger partial charge in [-0.1, -0.05) is 51.4 Å². The van der Waals surface area contributed by atoms with Gasteiger partial charge in [0, 0.05) is 25.7 Å². The Morgan fingerprint density at radius 2 is 1.83 bits per heavy atom. The number of nitro groups is 1. The maximum Gasteiger partial charge on any atom is 0.220 e. The maximum atomic E-state index is 11.7. The van der Waals surface area contributed by atoms with Crippen molar-refractivity contribution in [2.75, 3.05) is 13.7 Å². The first-order chi connectivity index (χ1) is 17.3. The van der Waals surface area contributed by atoms with E-state index in [4.69, 9.17) is 21.1 Å². The van der Waals surface area contributed by atoms with Crippen LogP contribution in [0.1, 0.15) is 22.2 Å². The summed E-state index contributed by atoms with van der Waals surface area (Å²) >= 11 is 10.7. The maximum absolute atomic E-state index is 11.7. The van der Waals surface area contributed by atoms with E-state index in [1.54, 1.807) is 19.2 Å². The number of aromatic nitrogens is 3. The van der Waals surface area contributed by atoms with Crippen molar-refractivity contribution in [1.82, 2.24) is 14.8 Å². The summed E-state index contributed by atoms with van der Waals surface area (Å²) in [6, 6.07) is 20.3. The van der Waals surface area contributed by atoms with Gasteiger partial charge in [0.2, 0.25) is 6.54 Å². The summed E-state index contributed by atoms with van der Waals surface area (Å²) in [6.45, 7) is 1.80. The number of nitrogens with zero attached hydrogens (tertiary/aromatic N) is 4. The van der Waals surface area contributed by atoms with E-state index in [1.165, 1.54) is 11.8 Å². The average Bonchev–Trinajstić information content (AvgIpc) is 3.23. The highest BCUT2D eigenvalue weighted by atomic mass is 79.9. The molecule has 0 spiro atoms. The van der Waals surface area contributed by atoms with E-state index >= 15 is 0 Å². The van der Waals surface area contributed by atoms with Crippen LogP contribution in [-0.2, 0) is 6.61 Å². The third kappa shape index (κ3) is 6.37. The van der Waals surface area contributed by atoms with Crippen LogP contribution in [0.4, 0.5) is 0 Å². The molecule has 186 valence electrons. The van der Waals surface area contributed by atoms with Gasteiger partial charge in [-0.3, -0.25) is 14.7 Å². The molecule has 36 heavy (non-hydrogen) atoms. The van der Waals surface area contributed by atoms with Crippen molar-refractivity contribution in [2.45, 2.75) is 23.9 Å². The largest absolute Gasteiger partial charge is 0.497 e. The molecule has 0 saturated heterocycles. The standard InChI is InChI=1S/C25H22BrClN4O4S/c1-16-28-29-25(31(16)20-8-10-21(34-2)11-9-20)36-24(14-30(32)33)22-13-18(26)5-12-23(22)35-15-17-3-6-19(27)7-4-17/h3-13,24H,14-15H2,1-2H3/t24-/m1/s1. The van der Waals surface area contributed by atoms with Gasteiger partial charge in [0.1, 0.15) is 29.2 Å². The number of hydrogen-bond acceptors (Lipinski definition) is 7. The Balaban J connectivity index is 1.66. The molecule has 0 bridgehead atoms. The highest BCUT2D eigenvalue weighted by Gasteiger charge is 2.27. The summed E-state index contributed by atoms with van der Waals surface area (Å²) < 4.78 is 14.0. The quantitative estimate of drug-likeness (QED) is 0.116. The van der Waals surface area contributed by atoms with Gasteiger partial charge in [0.15, 0.2) is 5.16 Å². The minimum atomic E-state index is -0.585. The summed E-state index contributed by atoms with van der Waals surface area (Å²) in [4.78, 5) is 11.4. The summed E-state index contributed by atoms with van der Waals surface area (Å²) in [5, 5.41) is 20.8. The smallest absolute Gasteiger partial charge is 0.220 e. The van der Waals surface area contributed by atoms with Crippen molar-refractivity contribution in [1.29, 1.82) is 0 Å². The second-order valence-electron chi connectivity index (χ2n) is 7.78. The first kappa shape index (κ1) is 26.0. The van der Waals surface area contributed by atoms with Gasteiger partial charge in [-0.25, -0.2) is 0 Å². The van der Waals surface area contributed by atoms with Gasteiger partial charge in [-0.2, -0.15) is 0 Å². The number of rotatable bonds is 10. The SMILES string of the molecule is COc1ccc(-n2c(C)nnc2S[C@H](C[N+](=O)[O-])c2cc(Br)ccc2OCc2ccc(Cl)cc2)cc1. The molecule has 4 aromatic rings. The molecule has 3 aromatic carbocycles. The topological polar surface area (TPSA) is 92.3 Å². The second kappa shape index (κ2) is 11.8. The zero-order valence-electron chi connectivity index (χ0n) is 19.4. The number of methoxy groups -OCH3 is 1. The number of aryl methyl sites for hydroxylation is 1. The fraction of sp³-hybridized carbons (Fsp3) is 0.200. The molecular formula is C25H22BrClN4O4S. The molecule has 0 radical (unpaired) electrons. The molecule has 0 N–H and O–H groups in total. The molecular weight excluding hydrogens is 568 g/mol. The molecule has 0 aliphatic rings.